The molecule has 1 saturated heterocycles. The van der Waals surface area contributed by atoms with Crippen molar-refractivity contribution in [2.75, 3.05) is 31.1 Å². The fraction of sp³-hybridized carbons (Fsp3) is 0.273. The van der Waals surface area contributed by atoms with Crippen molar-refractivity contribution < 1.29 is 4.79 Å². The van der Waals surface area contributed by atoms with Gasteiger partial charge in [0.25, 0.3) is 0 Å². The summed E-state index contributed by atoms with van der Waals surface area (Å²) >= 11 is 6.08. The standard InChI is InChI=1S/C22H21ClN4O/c23-17-3-6-22-25-20(14-27(22)13-17)19-12-16-1-4-18(26-9-7-24-8-10-26)11-15(16)2-5-21(19)28/h1,3-4,6,11-14,24H,2,5,7-10H2. The number of anilines is 1. The molecule has 1 fully saturated rings. The molecule has 3 aromatic rings. The number of nitrogens with one attached hydrogen (secondary N) is 1. The highest BCUT2D eigenvalue weighted by Gasteiger charge is 2.21. The zero-order valence-electron chi connectivity index (χ0n) is 15.5. The van der Waals surface area contributed by atoms with E-state index >= 15 is 0 Å². The molecule has 0 radical (unpaired) electrons. The number of aryl methyl sites for hydroxylation is 1. The van der Waals surface area contributed by atoms with Gasteiger partial charge in [0.2, 0.25) is 0 Å². The van der Waals surface area contributed by atoms with Crippen LogP contribution in [0.15, 0.2) is 42.7 Å². The lowest BCUT2D eigenvalue weighted by molar-refractivity contribution is -0.113. The monoisotopic (exact) mass is 392 g/mol. The molecule has 1 aliphatic carbocycles. The van der Waals surface area contributed by atoms with E-state index < -0.39 is 0 Å². The third kappa shape index (κ3) is 3.21. The second-order valence-electron chi connectivity index (χ2n) is 7.34. The smallest absolute Gasteiger partial charge is 0.165 e. The van der Waals surface area contributed by atoms with Crippen LogP contribution >= 0.6 is 11.6 Å². The van der Waals surface area contributed by atoms with Gasteiger partial charge in [0, 0.05) is 56.3 Å². The Morgan fingerprint density at radius 2 is 1.89 bits per heavy atom. The summed E-state index contributed by atoms with van der Waals surface area (Å²) in [5.41, 5.74) is 5.74. The molecule has 5 rings (SSSR count). The average molecular weight is 393 g/mol. The molecule has 142 valence electrons. The lowest BCUT2D eigenvalue weighted by Gasteiger charge is -2.30. The number of hydrogen-bond donors (Lipinski definition) is 1. The first-order chi connectivity index (χ1) is 13.7. The van der Waals surface area contributed by atoms with E-state index in [4.69, 9.17) is 11.6 Å². The largest absolute Gasteiger partial charge is 0.369 e. The number of allylic oxidation sites excluding steroid dienone is 1. The summed E-state index contributed by atoms with van der Waals surface area (Å²) in [5.74, 6) is 0.134. The van der Waals surface area contributed by atoms with Gasteiger partial charge in [0.15, 0.2) is 5.78 Å². The number of carbonyl (C=O) groups excluding carboxylic acids is 1. The predicted molar refractivity (Wildman–Crippen MR) is 113 cm³/mol. The predicted octanol–water partition coefficient (Wildman–Crippen LogP) is 3.45. The summed E-state index contributed by atoms with van der Waals surface area (Å²) < 4.78 is 1.87. The Morgan fingerprint density at radius 3 is 2.75 bits per heavy atom. The van der Waals surface area contributed by atoms with Crippen LogP contribution < -0.4 is 10.2 Å². The summed E-state index contributed by atoms with van der Waals surface area (Å²) in [7, 11) is 0. The van der Waals surface area contributed by atoms with Crippen LogP contribution in [-0.2, 0) is 11.2 Å². The zero-order chi connectivity index (χ0) is 19.1. The van der Waals surface area contributed by atoms with Crippen LogP contribution in [0.25, 0.3) is 17.3 Å². The number of aromatic nitrogens is 2. The fourth-order valence-electron chi connectivity index (χ4n) is 4.00. The average Bonchev–Trinajstić information content (AvgIpc) is 3.06. The molecule has 6 heteroatoms. The Balaban J connectivity index is 1.53. The van der Waals surface area contributed by atoms with Gasteiger partial charge < -0.3 is 14.6 Å². The molecule has 1 aliphatic heterocycles. The molecule has 0 saturated carbocycles. The number of halogens is 1. The summed E-state index contributed by atoms with van der Waals surface area (Å²) in [6, 6.07) is 10.2. The Morgan fingerprint density at radius 1 is 1.04 bits per heavy atom. The summed E-state index contributed by atoms with van der Waals surface area (Å²) in [4.78, 5) is 19.9. The van der Waals surface area contributed by atoms with Gasteiger partial charge in [-0.3, -0.25) is 4.79 Å². The number of benzene rings is 1. The number of carbonyl (C=O) groups is 1. The maximum atomic E-state index is 12.9. The normalized spacial score (nSPS) is 17.4. The van der Waals surface area contributed by atoms with Crippen molar-refractivity contribution in [2.45, 2.75) is 12.8 Å². The van der Waals surface area contributed by atoms with Crippen LogP contribution in [0.3, 0.4) is 0 Å². The lowest BCUT2D eigenvalue weighted by atomic mass is 10.0. The van der Waals surface area contributed by atoms with Crippen molar-refractivity contribution >= 4 is 40.4 Å². The molecule has 0 atom stereocenters. The number of rotatable bonds is 2. The summed E-state index contributed by atoms with van der Waals surface area (Å²) in [6.45, 7) is 4.06. The van der Waals surface area contributed by atoms with Crippen molar-refractivity contribution in [3.05, 3.63) is 64.6 Å². The molecule has 0 amide bonds. The third-order valence-electron chi connectivity index (χ3n) is 5.52. The molecule has 1 aromatic carbocycles. The quantitative estimate of drug-likeness (QED) is 0.725. The minimum absolute atomic E-state index is 0.134. The molecule has 0 unspecified atom stereocenters. The van der Waals surface area contributed by atoms with E-state index in [1.165, 1.54) is 11.3 Å². The fourth-order valence-corrected chi connectivity index (χ4v) is 4.17. The minimum atomic E-state index is 0.134. The molecule has 2 aromatic heterocycles. The molecule has 1 N–H and O–H groups in total. The number of imidazole rings is 1. The first-order valence-corrected chi connectivity index (χ1v) is 10.0. The molecular formula is C22H21ClN4O. The molecule has 3 heterocycles. The van der Waals surface area contributed by atoms with E-state index in [1.807, 2.05) is 35.0 Å². The maximum absolute atomic E-state index is 12.9. The van der Waals surface area contributed by atoms with Gasteiger partial charge in [0.1, 0.15) is 5.65 Å². The maximum Gasteiger partial charge on any atom is 0.165 e. The number of Topliss-reactive ketones (excluding diaryl/α,β-unsaturated/α-hetero) is 1. The van der Waals surface area contributed by atoms with E-state index in [0.29, 0.717) is 22.7 Å². The number of piperazine rings is 1. The van der Waals surface area contributed by atoms with Crippen LogP contribution in [0, 0.1) is 0 Å². The number of hydrogen-bond acceptors (Lipinski definition) is 4. The topological polar surface area (TPSA) is 49.6 Å². The van der Waals surface area contributed by atoms with Crippen molar-refractivity contribution in [1.82, 2.24) is 14.7 Å². The van der Waals surface area contributed by atoms with Gasteiger partial charge in [-0.05, 0) is 47.9 Å². The molecule has 0 bridgehead atoms. The zero-order valence-corrected chi connectivity index (χ0v) is 16.2. The highest BCUT2D eigenvalue weighted by molar-refractivity contribution is 6.30. The Bertz CT molecular complexity index is 1100. The third-order valence-corrected chi connectivity index (χ3v) is 5.74. The summed E-state index contributed by atoms with van der Waals surface area (Å²) in [6.07, 6.45) is 6.94. The Kier molecular flexibility index (Phi) is 4.41. The molecule has 2 aliphatic rings. The number of pyridine rings is 1. The van der Waals surface area contributed by atoms with Gasteiger partial charge in [-0.1, -0.05) is 17.7 Å². The van der Waals surface area contributed by atoms with Gasteiger partial charge in [0.05, 0.1) is 10.7 Å². The number of ketones is 1. The van der Waals surface area contributed by atoms with Crippen molar-refractivity contribution in [3.8, 4) is 0 Å². The highest BCUT2D eigenvalue weighted by Crippen LogP contribution is 2.30. The summed E-state index contributed by atoms with van der Waals surface area (Å²) in [5, 5.41) is 4.03. The van der Waals surface area contributed by atoms with Gasteiger partial charge >= 0.3 is 0 Å². The van der Waals surface area contributed by atoms with Crippen molar-refractivity contribution in [3.63, 3.8) is 0 Å². The second-order valence-corrected chi connectivity index (χ2v) is 7.78. The molecule has 5 nitrogen and oxygen atoms in total. The number of fused-ring (bicyclic) bond motifs is 2. The van der Waals surface area contributed by atoms with E-state index in [-0.39, 0.29) is 5.78 Å². The van der Waals surface area contributed by atoms with E-state index in [2.05, 4.69) is 33.4 Å². The van der Waals surface area contributed by atoms with E-state index in [0.717, 1.165) is 43.8 Å². The second kappa shape index (κ2) is 7.08. The van der Waals surface area contributed by atoms with Crippen molar-refractivity contribution in [1.29, 1.82) is 0 Å². The Labute approximate surface area is 168 Å². The highest BCUT2D eigenvalue weighted by atomic mass is 35.5. The lowest BCUT2D eigenvalue weighted by Crippen LogP contribution is -2.43. The van der Waals surface area contributed by atoms with Gasteiger partial charge in [-0.15, -0.1) is 0 Å². The van der Waals surface area contributed by atoms with Gasteiger partial charge in [-0.2, -0.15) is 0 Å². The Hall–Kier alpha value is -2.63. The first kappa shape index (κ1) is 17.5. The molecule has 28 heavy (non-hydrogen) atoms. The molecule has 0 spiro atoms. The number of nitrogens with zero attached hydrogens (tertiary/aromatic N) is 3. The van der Waals surface area contributed by atoms with Crippen LogP contribution in [0.1, 0.15) is 23.2 Å². The van der Waals surface area contributed by atoms with E-state index in [9.17, 15) is 4.79 Å². The van der Waals surface area contributed by atoms with Gasteiger partial charge in [-0.25, -0.2) is 4.98 Å². The van der Waals surface area contributed by atoms with Crippen LogP contribution in [-0.4, -0.2) is 41.3 Å². The molecular weight excluding hydrogens is 372 g/mol. The van der Waals surface area contributed by atoms with Crippen molar-refractivity contribution in [2.24, 2.45) is 0 Å². The SMILES string of the molecule is O=C1CCc2cc(N3CCNCC3)ccc2C=C1c1cn2cc(Cl)ccc2n1. The first-order valence-electron chi connectivity index (χ1n) is 9.65. The minimum Gasteiger partial charge on any atom is -0.369 e. The van der Waals surface area contributed by atoms with Crippen LogP contribution in [0.4, 0.5) is 5.69 Å². The van der Waals surface area contributed by atoms with E-state index in [1.54, 1.807) is 0 Å². The van der Waals surface area contributed by atoms with Crippen LogP contribution in [0.2, 0.25) is 5.02 Å². The van der Waals surface area contributed by atoms with Crippen LogP contribution in [0.5, 0.6) is 0 Å².